The van der Waals surface area contributed by atoms with E-state index in [-0.39, 0.29) is 18.0 Å². The van der Waals surface area contributed by atoms with Gasteiger partial charge in [-0.3, -0.25) is 4.79 Å². The van der Waals surface area contributed by atoms with Gasteiger partial charge < -0.3 is 24.4 Å². The van der Waals surface area contributed by atoms with E-state index in [1.807, 2.05) is 48.4 Å². The van der Waals surface area contributed by atoms with Gasteiger partial charge in [0.2, 0.25) is 0 Å². The van der Waals surface area contributed by atoms with Gasteiger partial charge in [0, 0.05) is 43.3 Å². The lowest BCUT2D eigenvalue weighted by Gasteiger charge is -2.39. The second-order valence-electron chi connectivity index (χ2n) is 8.21. The Kier molecular flexibility index (Phi) is 6.23. The lowest BCUT2D eigenvalue weighted by Crippen LogP contribution is -2.56. The number of hydrogen-bond acceptors (Lipinski definition) is 4. The van der Waals surface area contributed by atoms with Crippen molar-refractivity contribution < 1.29 is 14.3 Å². The first-order valence-corrected chi connectivity index (χ1v) is 11.5. The molecule has 1 aliphatic rings. The highest BCUT2D eigenvalue weighted by atomic mass is 32.1. The van der Waals surface area contributed by atoms with Crippen LogP contribution < -0.4 is 10.1 Å². The topological polar surface area (TPSA) is 66.8 Å². The molecule has 1 aromatic carbocycles. The molecule has 0 radical (unpaired) electrons. The van der Waals surface area contributed by atoms with E-state index in [0.717, 1.165) is 21.5 Å². The summed E-state index contributed by atoms with van der Waals surface area (Å²) in [6.45, 7) is 10.0. The molecule has 3 amide bonds. The van der Waals surface area contributed by atoms with Crippen molar-refractivity contribution in [2.75, 3.05) is 32.1 Å². The van der Waals surface area contributed by atoms with Gasteiger partial charge in [0.25, 0.3) is 5.91 Å². The van der Waals surface area contributed by atoms with Gasteiger partial charge in [-0.05, 0) is 55.6 Å². The van der Waals surface area contributed by atoms with E-state index in [1.165, 1.54) is 0 Å². The number of thiophene rings is 1. The third-order valence-corrected chi connectivity index (χ3v) is 6.62. The summed E-state index contributed by atoms with van der Waals surface area (Å²) in [5.74, 6) is 0.733. The van der Waals surface area contributed by atoms with Gasteiger partial charge in [0.1, 0.15) is 16.3 Å². The molecule has 32 heavy (non-hydrogen) atoms. The fourth-order valence-corrected chi connectivity index (χ4v) is 4.95. The fraction of sp³-hybridized carbons (Fsp3) is 0.333. The molecule has 0 spiro atoms. The van der Waals surface area contributed by atoms with E-state index in [1.54, 1.807) is 35.5 Å². The summed E-state index contributed by atoms with van der Waals surface area (Å²) < 4.78 is 7.21. The number of hydrogen-bond donors (Lipinski definition) is 1. The van der Waals surface area contributed by atoms with Crippen LogP contribution >= 0.6 is 11.3 Å². The largest absolute Gasteiger partial charge is 0.497 e. The zero-order valence-corrected chi connectivity index (χ0v) is 19.4. The number of aromatic nitrogens is 1. The molecule has 1 saturated heterocycles. The van der Waals surface area contributed by atoms with E-state index in [9.17, 15) is 9.59 Å². The molecule has 2 aromatic heterocycles. The Morgan fingerprint density at radius 2 is 1.97 bits per heavy atom. The van der Waals surface area contributed by atoms with Crippen molar-refractivity contribution in [2.24, 2.45) is 0 Å². The summed E-state index contributed by atoms with van der Waals surface area (Å²) >= 11 is 1.63. The van der Waals surface area contributed by atoms with Crippen molar-refractivity contribution in [1.82, 2.24) is 14.4 Å². The minimum Gasteiger partial charge on any atom is -0.497 e. The van der Waals surface area contributed by atoms with Crippen molar-refractivity contribution in [3.8, 4) is 5.75 Å². The standard InChI is InChI=1S/C24H28N4O3S/c1-16(2)14-28-21(13-18-9-12-32-23(18)28)22(29)26-10-11-27(17(3)15-26)24(30)25-19-5-7-20(31-4)8-6-19/h5-9,12-13,17H,1,10-11,14-15H2,2-4H3,(H,25,30). The number of rotatable bonds is 5. The predicted octanol–water partition coefficient (Wildman–Crippen LogP) is 4.67. The number of anilines is 1. The van der Waals surface area contributed by atoms with Crippen molar-refractivity contribution in [2.45, 2.75) is 26.4 Å². The van der Waals surface area contributed by atoms with E-state index < -0.39 is 0 Å². The third-order valence-electron chi connectivity index (χ3n) is 5.67. The summed E-state index contributed by atoms with van der Waals surface area (Å²) in [5.41, 5.74) is 2.38. The number of ether oxygens (including phenoxy) is 1. The number of nitrogens with one attached hydrogen (secondary N) is 1. The highest BCUT2D eigenvalue weighted by Crippen LogP contribution is 2.27. The quantitative estimate of drug-likeness (QED) is 0.572. The highest BCUT2D eigenvalue weighted by Gasteiger charge is 2.31. The van der Waals surface area contributed by atoms with Crippen LogP contribution in [0.15, 0.2) is 53.9 Å². The normalized spacial score (nSPS) is 16.3. The van der Waals surface area contributed by atoms with Crippen LogP contribution in [0.1, 0.15) is 24.3 Å². The Balaban J connectivity index is 1.44. The third kappa shape index (κ3) is 4.36. The molecule has 1 unspecified atom stereocenters. The molecule has 1 fully saturated rings. The van der Waals surface area contributed by atoms with Gasteiger partial charge in [0.05, 0.1) is 7.11 Å². The number of benzene rings is 1. The smallest absolute Gasteiger partial charge is 0.322 e. The molecule has 8 heteroatoms. The number of piperazine rings is 1. The monoisotopic (exact) mass is 452 g/mol. The van der Waals surface area contributed by atoms with Crippen LogP contribution in [0.5, 0.6) is 5.75 Å². The molecule has 168 valence electrons. The zero-order chi connectivity index (χ0) is 22.8. The number of carbonyl (C=O) groups is 2. The average Bonchev–Trinajstić information content (AvgIpc) is 3.36. The van der Waals surface area contributed by atoms with Gasteiger partial charge in [-0.25, -0.2) is 4.79 Å². The van der Waals surface area contributed by atoms with E-state index in [0.29, 0.717) is 37.6 Å². The van der Waals surface area contributed by atoms with Crippen LogP contribution in [0.3, 0.4) is 0 Å². The maximum atomic E-state index is 13.4. The molecule has 0 aliphatic carbocycles. The first kappa shape index (κ1) is 22.0. The predicted molar refractivity (Wildman–Crippen MR) is 129 cm³/mol. The average molecular weight is 453 g/mol. The molecule has 1 aliphatic heterocycles. The van der Waals surface area contributed by atoms with Crippen LogP contribution in [0.4, 0.5) is 10.5 Å². The van der Waals surface area contributed by atoms with Gasteiger partial charge in [0.15, 0.2) is 0 Å². The molecule has 1 N–H and O–H groups in total. The number of fused-ring (bicyclic) bond motifs is 1. The van der Waals surface area contributed by atoms with Crippen molar-refractivity contribution >= 4 is 39.2 Å². The number of amides is 3. The summed E-state index contributed by atoms with van der Waals surface area (Å²) in [7, 11) is 1.61. The molecular formula is C24H28N4O3S. The molecule has 0 saturated carbocycles. The lowest BCUT2D eigenvalue weighted by molar-refractivity contribution is 0.0583. The second kappa shape index (κ2) is 9.08. The molecule has 7 nitrogen and oxygen atoms in total. The van der Waals surface area contributed by atoms with Gasteiger partial charge >= 0.3 is 6.03 Å². The Hall–Kier alpha value is -3.26. The maximum absolute atomic E-state index is 13.4. The zero-order valence-electron chi connectivity index (χ0n) is 18.6. The summed E-state index contributed by atoms with van der Waals surface area (Å²) in [4.78, 5) is 30.9. The lowest BCUT2D eigenvalue weighted by atomic mass is 10.2. The molecule has 3 heterocycles. The fourth-order valence-electron chi connectivity index (χ4n) is 4.05. The van der Waals surface area contributed by atoms with E-state index in [4.69, 9.17) is 4.74 Å². The van der Waals surface area contributed by atoms with E-state index in [2.05, 4.69) is 16.5 Å². The number of carbonyl (C=O) groups excluding carboxylic acids is 2. The van der Waals surface area contributed by atoms with Crippen LogP contribution in [0, 0.1) is 0 Å². The molecule has 1 atom stereocenters. The summed E-state index contributed by atoms with van der Waals surface area (Å²) in [6, 6.07) is 11.0. The SMILES string of the molecule is C=C(C)Cn1c(C(=O)N2CCN(C(=O)Nc3ccc(OC)cc3)C(C)C2)cc2ccsc21. The first-order valence-electron chi connectivity index (χ1n) is 10.6. The van der Waals surface area contributed by atoms with Crippen molar-refractivity contribution in [3.05, 3.63) is 59.6 Å². The molecule has 3 aromatic rings. The number of methoxy groups -OCH3 is 1. The van der Waals surface area contributed by atoms with Crippen molar-refractivity contribution in [1.29, 1.82) is 0 Å². The highest BCUT2D eigenvalue weighted by molar-refractivity contribution is 7.16. The van der Waals surface area contributed by atoms with E-state index >= 15 is 0 Å². The second-order valence-corrected chi connectivity index (χ2v) is 9.10. The van der Waals surface area contributed by atoms with Gasteiger partial charge in [-0.15, -0.1) is 11.3 Å². The Morgan fingerprint density at radius 1 is 1.22 bits per heavy atom. The summed E-state index contributed by atoms with van der Waals surface area (Å²) in [5, 5.41) is 6.04. The summed E-state index contributed by atoms with van der Waals surface area (Å²) in [6.07, 6.45) is 0. The molecule has 4 rings (SSSR count). The van der Waals surface area contributed by atoms with Crippen LogP contribution in [0.25, 0.3) is 10.2 Å². The number of allylic oxidation sites excluding steroid dienone is 1. The Labute approximate surface area is 191 Å². The maximum Gasteiger partial charge on any atom is 0.322 e. The van der Waals surface area contributed by atoms with Crippen LogP contribution in [-0.4, -0.2) is 59.1 Å². The number of nitrogens with zero attached hydrogens (tertiary/aromatic N) is 3. The van der Waals surface area contributed by atoms with Gasteiger partial charge in [-0.1, -0.05) is 12.2 Å². The molecular weight excluding hydrogens is 424 g/mol. The first-order chi connectivity index (χ1) is 15.4. The van der Waals surface area contributed by atoms with Crippen molar-refractivity contribution in [3.63, 3.8) is 0 Å². The van der Waals surface area contributed by atoms with Gasteiger partial charge in [-0.2, -0.15) is 0 Å². The van der Waals surface area contributed by atoms with Crippen LogP contribution in [-0.2, 0) is 6.54 Å². The Morgan fingerprint density at radius 3 is 2.62 bits per heavy atom. The number of urea groups is 1. The van der Waals surface area contributed by atoms with Crippen LogP contribution in [0.2, 0.25) is 0 Å². The molecule has 0 bridgehead atoms. The Bertz CT molecular complexity index is 1150. The minimum absolute atomic E-state index is 0.00304. The minimum atomic E-state index is -0.166.